The molecule has 3 aromatic heterocycles. The number of nitrogens with zero attached hydrogens (tertiary/aromatic N) is 5. The number of ether oxygens (including phenoxy) is 1. The average molecular weight is 406 g/mol. The number of carbonyl (C=O) groups is 1. The normalized spacial score (nSPS) is 19.4. The van der Waals surface area contributed by atoms with Crippen molar-refractivity contribution in [1.82, 2.24) is 24.8 Å². The summed E-state index contributed by atoms with van der Waals surface area (Å²) in [6, 6.07) is 9.59. The number of methoxy groups -OCH3 is 1. The highest BCUT2D eigenvalue weighted by Gasteiger charge is 2.31. The molecule has 30 heavy (non-hydrogen) atoms. The number of imidazole rings is 1. The number of fused-ring (bicyclic) bond motifs is 1. The van der Waals surface area contributed by atoms with Gasteiger partial charge in [-0.1, -0.05) is 6.07 Å². The van der Waals surface area contributed by atoms with Crippen molar-refractivity contribution in [2.24, 2.45) is 5.92 Å². The Balaban J connectivity index is 1.37. The molecule has 2 aliphatic heterocycles. The molecule has 0 unspecified atom stereocenters. The first-order chi connectivity index (χ1) is 14.7. The minimum atomic E-state index is 0.0603. The monoisotopic (exact) mass is 406 g/mol. The second-order valence-electron chi connectivity index (χ2n) is 8.01. The molecule has 5 heterocycles. The first-order valence-corrected chi connectivity index (χ1v) is 10.6. The molecule has 3 aromatic rings. The Morgan fingerprint density at radius 2 is 1.93 bits per heavy atom. The van der Waals surface area contributed by atoms with Crippen molar-refractivity contribution in [3.63, 3.8) is 0 Å². The van der Waals surface area contributed by atoms with Crippen molar-refractivity contribution < 1.29 is 9.53 Å². The lowest BCUT2D eigenvalue weighted by atomic mass is 9.96. The van der Waals surface area contributed by atoms with Gasteiger partial charge in [-0.2, -0.15) is 0 Å². The molecule has 156 valence electrons. The molecule has 2 fully saturated rings. The SMILES string of the molecule is COc1cccc(-c2nc3nc(N4CCC[C@@H](C(=O)N5CCCC5)C4)ccc3[nH]2)n1. The van der Waals surface area contributed by atoms with Gasteiger partial charge in [-0.05, 0) is 43.9 Å². The number of hydrogen-bond acceptors (Lipinski definition) is 6. The van der Waals surface area contributed by atoms with Crippen molar-refractivity contribution in [3.05, 3.63) is 30.3 Å². The standard InChI is InChI=1S/C22H26N6O2/c1-30-19-8-4-7-16(23-19)20-24-17-9-10-18(25-21(17)26-20)28-13-5-6-15(14-28)22(29)27-11-2-3-12-27/h4,7-10,15H,2-3,5-6,11-14H2,1H3,(H,24,25,26)/t15-/m1/s1. The zero-order valence-electron chi connectivity index (χ0n) is 17.2. The van der Waals surface area contributed by atoms with Crippen molar-refractivity contribution in [3.8, 4) is 17.4 Å². The number of piperidine rings is 1. The molecule has 1 N–H and O–H groups in total. The van der Waals surface area contributed by atoms with Crippen LogP contribution in [0.15, 0.2) is 30.3 Å². The maximum absolute atomic E-state index is 12.8. The highest BCUT2D eigenvalue weighted by molar-refractivity contribution is 5.80. The van der Waals surface area contributed by atoms with Gasteiger partial charge in [0.05, 0.1) is 18.5 Å². The van der Waals surface area contributed by atoms with E-state index in [1.165, 1.54) is 0 Å². The molecule has 8 heteroatoms. The largest absolute Gasteiger partial charge is 0.481 e. The number of aromatic amines is 1. The first-order valence-electron chi connectivity index (χ1n) is 10.6. The van der Waals surface area contributed by atoms with Crippen LogP contribution in [-0.2, 0) is 4.79 Å². The van der Waals surface area contributed by atoms with Gasteiger partial charge >= 0.3 is 0 Å². The van der Waals surface area contributed by atoms with E-state index < -0.39 is 0 Å². The lowest BCUT2D eigenvalue weighted by Gasteiger charge is -2.34. The van der Waals surface area contributed by atoms with Crippen LogP contribution in [0, 0.1) is 5.92 Å². The van der Waals surface area contributed by atoms with E-state index in [9.17, 15) is 4.79 Å². The topological polar surface area (TPSA) is 87.2 Å². The third-order valence-electron chi connectivity index (χ3n) is 6.02. The van der Waals surface area contributed by atoms with Crippen LogP contribution in [0.5, 0.6) is 5.88 Å². The van der Waals surface area contributed by atoms with Gasteiger partial charge in [0.15, 0.2) is 11.5 Å². The summed E-state index contributed by atoms with van der Waals surface area (Å²) < 4.78 is 5.21. The van der Waals surface area contributed by atoms with Gasteiger partial charge < -0.3 is 19.5 Å². The summed E-state index contributed by atoms with van der Waals surface area (Å²) >= 11 is 0. The summed E-state index contributed by atoms with van der Waals surface area (Å²) in [6.07, 6.45) is 4.22. The van der Waals surface area contributed by atoms with Crippen LogP contribution in [0.25, 0.3) is 22.7 Å². The Bertz CT molecular complexity index is 1060. The number of carbonyl (C=O) groups excluding carboxylic acids is 1. The number of nitrogens with one attached hydrogen (secondary N) is 1. The zero-order valence-corrected chi connectivity index (χ0v) is 17.2. The van der Waals surface area contributed by atoms with Crippen LogP contribution >= 0.6 is 0 Å². The Labute approximate surface area is 175 Å². The average Bonchev–Trinajstić information content (AvgIpc) is 3.48. The van der Waals surface area contributed by atoms with E-state index in [4.69, 9.17) is 9.72 Å². The predicted molar refractivity (Wildman–Crippen MR) is 114 cm³/mol. The molecule has 2 saturated heterocycles. The van der Waals surface area contributed by atoms with Crippen molar-refractivity contribution in [2.75, 3.05) is 38.2 Å². The fraction of sp³-hybridized carbons (Fsp3) is 0.455. The van der Waals surface area contributed by atoms with Crippen molar-refractivity contribution in [1.29, 1.82) is 0 Å². The van der Waals surface area contributed by atoms with Crippen molar-refractivity contribution >= 4 is 22.9 Å². The molecule has 0 aliphatic carbocycles. The third kappa shape index (κ3) is 3.58. The third-order valence-corrected chi connectivity index (χ3v) is 6.02. The van der Waals surface area contributed by atoms with E-state index in [1.54, 1.807) is 13.2 Å². The summed E-state index contributed by atoms with van der Waals surface area (Å²) in [5.74, 6) is 2.45. The van der Waals surface area contributed by atoms with Crippen molar-refractivity contribution in [2.45, 2.75) is 25.7 Å². The summed E-state index contributed by atoms with van der Waals surface area (Å²) in [5, 5.41) is 0. The first kappa shape index (κ1) is 18.8. The van der Waals surface area contributed by atoms with Crippen LogP contribution < -0.4 is 9.64 Å². The van der Waals surface area contributed by atoms with Crippen LogP contribution in [0.2, 0.25) is 0 Å². The minimum Gasteiger partial charge on any atom is -0.481 e. The van der Waals surface area contributed by atoms with Gasteiger partial charge in [0.1, 0.15) is 11.5 Å². The van der Waals surface area contributed by atoms with E-state index in [0.29, 0.717) is 29.0 Å². The Kier molecular flexibility index (Phi) is 4.98. The smallest absolute Gasteiger partial charge is 0.227 e. The molecule has 5 rings (SSSR count). The number of anilines is 1. The van der Waals surface area contributed by atoms with Gasteiger partial charge in [0.2, 0.25) is 11.8 Å². The van der Waals surface area contributed by atoms with E-state index in [1.807, 2.05) is 29.2 Å². The number of aromatic nitrogens is 4. The molecule has 1 atom stereocenters. The summed E-state index contributed by atoms with van der Waals surface area (Å²) in [7, 11) is 1.60. The van der Waals surface area contributed by atoms with Crippen LogP contribution in [0.3, 0.4) is 0 Å². The van der Waals surface area contributed by atoms with Gasteiger partial charge in [0.25, 0.3) is 0 Å². The van der Waals surface area contributed by atoms with E-state index in [2.05, 4.69) is 19.9 Å². The lowest BCUT2D eigenvalue weighted by molar-refractivity contribution is -0.134. The van der Waals surface area contributed by atoms with Gasteiger partial charge in [0, 0.05) is 32.2 Å². The molecule has 0 aromatic carbocycles. The fourth-order valence-electron chi connectivity index (χ4n) is 4.42. The zero-order chi connectivity index (χ0) is 20.5. The Morgan fingerprint density at radius 1 is 1.07 bits per heavy atom. The number of H-pyrrole nitrogens is 1. The van der Waals surface area contributed by atoms with Crippen LogP contribution in [-0.4, -0.2) is 64.0 Å². The van der Waals surface area contributed by atoms with Crippen LogP contribution in [0.1, 0.15) is 25.7 Å². The fourth-order valence-corrected chi connectivity index (χ4v) is 4.42. The molecule has 0 spiro atoms. The molecular weight excluding hydrogens is 380 g/mol. The highest BCUT2D eigenvalue weighted by Crippen LogP contribution is 2.27. The summed E-state index contributed by atoms with van der Waals surface area (Å²) in [5.41, 5.74) is 2.23. The molecule has 0 saturated carbocycles. The molecule has 1 amide bonds. The summed E-state index contributed by atoms with van der Waals surface area (Å²) in [6.45, 7) is 3.46. The number of hydrogen-bond donors (Lipinski definition) is 1. The number of likely N-dealkylation sites (tertiary alicyclic amines) is 1. The highest BCUT2D eigenvalue weighted by atomic mass is 16.5. The number of rotatable bonds is 4. The summed E-state index contributed by atoms with van der Waals surface area (Å²) in [4.78, 5) is 34.3. The molecule has 8 nitrogen and oxygen atoms in total. The molecule has 0 bridgehead atoms. The molecule has 2 aliphatic rings. The Morgan fingerprint density at radius 3 is 2.77 bits per heavy atom. The maximum atomic E-state index is 12.8. The number of pyridine rings is 2. The van der Waals surface area contributed by atoms with Gasteiger partial charge in [-0.15, -0.1) is 0 Å². The second kappa shape index (κ2) is 7.93. The number of amides is 1. The van der Waals surface area contributed by atoms with E-state index >= 15 is 0 Å². The van der Waals surface area contributed by atoms with E-state index in [0.717, 1.165) is 63.2 Å². The minimum absolute atomic E-state index is 0.0603. The van der Waals surface area contributed by atoms with E-state index in [-0.39, 0.29) is 5.92 Å². The predicted octanol–water partition coefficient (Wildman–Crippen LogP) is 2.87. The lowest BCUT2D eigenvalue weighted by Crippen LogP contribution is -2.44. The van der Waals surface area contributed by atoms with Crippen LogP contribution in [0.4, 0.5) is 5.82 Å². The maximum Gasteiger partial charge on any atom is 0.227 e. The Hall–Kier alpha value is -3.16. The quantitative estimate of drug-likeness (QED) is 0.717. The van der Waals surface area contributed by atoms with Gasteiger partial charge in [-0.25, -0.2) is 15.0 Å². The second-order valence-corrected chi connectivity index (χ2v) is 8.01. The molecular formula is C22H26N6O2. The molecule has 0 radical (unpaired) electrons. The van der Waals surface area contributed by atoms with Gasteiger partial charge in [-0.3, -0.25) is 4.79 Å².